The molecule has 0 radical (unpaired) electrons. The number of carbonyl (C=O) groups is 1. The summed E-state index contributed by atoms with van der Waals surface area (Å²) in [5.41, 5.74) is 0.598. The molecule has 1 atom stereocenters. The van der Waals surface area contributed by atoms with Gasteiger partial charge in [0.2, 0.25) is 0 Å². The minimum atomic E-state index is -3.07. The van der Waals surface area contributed by atoms with Crippen LogP contribution < -0.4 is 5.56 Å². The zero-order valence-electron chi connectivity index (χ0n) is 15.5. The molecule has 2 aromatic rings. The zero-order valence-corrected chi connectivity index (χ0v) is 17.2. The number of carbonyl (C=O) groups excluding carboxylic acids is 1. The third kappa shape index (κ3) is 3.20. The maximum Gasteiger partial charge on any atom is 0.264 e. The monoisotopic (exact) mass is 409 g/mol. The fourth-order valence-corrected chi connectivity index (χ4v) is 6.97. The van der Waals surface area contributed by atoms with Crippen molar-refractivity contribution in [2.75, 3.05) is 18.6 Å². The second-order valence-electron chi connectivity index (χ2n) is 7.50. The molecule has 1 amide bonds. The lowest BCUT2D eigenvalue weighted by atomic mass is 10.1. The van der Waals surface area contributed by atoms with Crippen LogP contribution in [-0.4, -0.2) is 53.4 Å². The molecule has 0 aliphatic carbocycles. The lowest BCUT2D eigenvalue weighted by molar-refractivity contribution is 0.0752. The first-order valence-corrected chi connectivity index (χ1v) is 11.9. The summed E-state index contributed by atoms with van der Waals surface area (Å²) in [5.74, 6) is 0.711. The van der Waals surface area contributed by atoms with Crippen molar-refractivity contribution in [3.8, 4) is 0 Å². The molecular weight excluding hydrogens is 386 g/mol. The van der Waals surface area contributed by atoms with Crippen LogP contribution in [0.5, 0.6) is 0 Å². The topological polar surface area (TPSA) is 89.3 Å². The summed E-state index contributed by atoms with van der Waals surface area (Å²) < 4.78 is 25.2. The van der Waals surface area contributed by atoms with E-state index in [9.17, 15) is 18.0 Å². The number of amides is 1. The van der Waals surface area contributed by atoms with Gasteiger partial charge >= 0.3 is 0 Å². The van der Waals surface area contributed by atoms with E-state index in [4.69, 9.17) is 4.98 Å². The predicted octanol–water partition coefficient (Wildman–Crippen LogP) is 1.75. The number of hydrogen-bond acceptors (Lipinski definition) is 6. The molecule has 1 saturated heterocycles. The Morgan fingerprint density at radius 3 is 2.78 bits per heavy atom. The van der Waals surface area contributed by atoms with E-state index in [1.807, 2.05) is 0 Å². The number of aromatic nitrogens is 2. The van der Waals surface area contributed by atoms with Crippen LogP contribution in [0.2, 0.25) is 0 Å². The van der Waals surface area contributed by atoms with E-state index in [0.717, 1.165) is 31.5 Å². The first kappa shape index (κ1) is 18.6. The maximum absolute atomic E-state index is 13.0. The Labute approximate surface area is 161 Å². The first-order chi connectivity index (χ1) is 12.8. The molecule has 4 heterocycles. The lowest BCUT2D eigenvalue weighted by Crippen LogP contribution is -2.37. The normalized spacial score (nSPS) is 21.8. The minimum absolute atomic E-state index is 0.00832. The summed E-state index contributed by atoms with van der Waals surface area (Å²) in [7, 11) is -1.42. The average Bonchev–Trinajstić information content (AvgIpc) is 3.04. The Bertz CT molecular complexity index is 1080. The van der Waals surface area contributed by atoms with Crippen LogP contribution in [0.4, 0.5) is 0 Å². The van der Waals surface area contributed by atoms with Gasteiger partial charge in [0, 0.05) is 26.1 Å². The van der Waals surface area contributed by atoms with Gasteiger partial charge in [-0.3, -0.25) is 14.2 Å². The molecule has 0 spiro atoms. The van der Waals surface area contributed by atoms with Crippen molar-refractivity contribution in [2.45, 2.75) is 51.6 Å². The second kappa shape index (κ2) is 6.70. The Hall–Kier alpha value is -1.74. The van der Waals surface area contributed by atoms with Crippen LogP contribution in [0.25, 0.3) is 10.2 Å². The van der Waals surface area contributed by atoms with E-state index in [0.29, 0.717) is 33.6 Å². The van der Waals surface area contributed by atoms with Crippen molar-refractivity contribution in [1.29, 1.82) is 0 Å². The fourth-order valence-electron chi connectivity index (χ4n) is 4.02. The van der Waals surface area contributed by atoms with Crippen molar-refractivity contribution >= 4 is 37.3 Å². The maximum atomic E-state index is 13.0. The summed E-state index contributed by atoms with van der Waals surface area (Å²) in [6, 6.07) is -0.308. The average molecular weight is 410 g/mol. The van der Waals surface area contributed by atoms with E-state index in [1.54, 1.807) is 18.5 Å². The predicted molar refractivity (Wildman–Crippen MR) is 105 cm³/mol. The molecule has 0 unspecified atom stereocenters. The van der Waals surface area contributed by atoms with Gasteiger partial charge in [-0.1, -0.05) is 6.42 Å². The van der Waals surface area contributed by atoms with Crippen molar-refractivity contribution in [3.05, 3.63) is 26.6 Å². The van der Waals surface area contributed by atoms with Crippen LogP contribution in [0.15, 0.2) is 4.79 Å². The van der Waals surface area contributed by atoms with E-state index in [-0.39, 0.29) is 29.0 Å². The molecule has 0 aromatic carbocycles. The molecule has 9 heteroatoms. The molecule has 2 aromatic heterocycles. The highest BCUT2D eigenvalue weighted by Gasteiger charge is 2.34. The van der Waals surface area contributed by atoms with Gasteiger partial charge < -0.3 is 4.90 Å². The second-order valence-corrected chi connectivity index (χ2v) is 10.7. The fraction of sp³-hybridized carbons (Fsp3) is 0.611. The number of thiophene rings is 1. The minimum Gasteiger partial charge on any atom is -0.337 e. The summed E-state index contributed by atoms with van der Waals surface area (Å²) in [6.07, 6.45) is 4.32. The van der Waals surface area contributed by atoms with Crippen LogP contribution in [0.1, 0.15) is 46.7 Å². The van der Waals surface area contributed by atoms with Gasteiger partial charge in [0.25, 0.3) is 11.5 Å². The van der Waals surface area contributed by atoms with Gasteiger partial charge in [-0.2, -0.15) is 0 Å². The molecule has 2 aliphatic heterocycles. The number of aryl methyl sites for hydroxylation is 2. The molecule has 146 valence electrons. The molecule has 0 bridgehead atoms. The smallest absolute Gasteiger partial charge is 0.264 e. The molecule has 4 rings (SSSR count). The molecule has 7 nitrogen and oxygen atoms in total. The first-order valence-electron chi connectivity index (χ1n) is 9.29. The standard InChI is InChI=1S/C18H23N3O4S2/c1-11-14-16(19-13-6-4-3-5-8-21(13)17(14)22)26-15(11)18(23)20(2)12-7-9-27(24,25)10-12/h12H,3-10H2,1-2H3/t12-/m0/s1. The van der Waals surface area contributed by atoms with E-state index >= 15 is 0 Å². The summed E-state index contributed by atoms with van der Waals surface area (Å²) in [6.45, 7) is 2.47. The molecule has 1 fully saturated rings. The molecule has 27 heavy (non-hydrogen) atoms. The van der Waals surface area contributed by atoms with E-state index in [1.165, 1.54) is 16.2 Å². The van der Waals surface area contributed by atoms with E-state index in [2.05, 4.69) is 0 Å². The lowest BCUT2D eigenvalue weighted by Gasteiger charge is -2.23. The van der Waals surface area contributed by atoms with Crippen molar-refractivity contribution in [1.82, 2.24) is 14.5 Å². The van der Waals surface area contributed by atoms with Crippen molar-refractivity contribution < 1.29 is 13.2 Å². The van der Waals surface area contributed by atoms with Gasteiger partial charge in [-0.25, -0.2) is 13.4 Å². The number of nitrogens with zero attached hydrogens (tertiary/aromatic N) is 3. The third-order valence-electron chi connectivity index (χ3n) is 5.68. The number of rotatable bonds is 2. The van der Waals surface area contributed by atoms with Crippen LogP contribution >= 0.6 is 11.3 Å². The molecule has 2 aliphatic rings. The molecular formula is C18H23N3O4S2. The molecule has 0 saturated carbocycles. The van der Waals surface area contributed by atoms with Gasteiger partial charge in [-0.05, 0) is 31.7 Å². The van der Waals surface area contributed by atoms with Gasteiger partial charge in [0.15, 0.2) is 9.84 Å². The van der Waals surface area contributed by atoms with Gasteiger partial charge in [0.05, 0.1) is 21.8 Å². The largest absolute Gasteiger partial charge is 0.337 e. The summed E-state index contributed by atoms with van der Waals surface area (Å²) in [4.78, 5) is 33.4. The van der Waals surface area contributed by atoms with Crippen molar-refractivity contribution in [2.24, 2.45) is 0 Å². The van der Waals surface area contributed by atoms with Gasteiger partial charge in [-0.15, -0.1) is 11.3 Å². The number of hydrogen-bond donors (Lipinski definition) is 0. The van der Waals surface area contributed by atoms with Gasteiger partial charge in [0.1, 0.15) is 10.7 Å². The SMILES string of the molecule is Cc1c(C(=O)N(C)[C@H]2CCS(=O)(=O)C2)sc2nc3n(c(=O)c12)CCCCC3. The number of fused-ring (bicyclic) bond motifs is 2. The number of sulfone groups is 1. The van der Waals surface area contributed by atoms with Crippen molar-refractivity contribution in [3.63, 3.8) is 0 Å². The summed E-state index contributed by atoms with van der Waals surface area (Å²) in [5, 5.41) is 0.529. The highest BCUT2D eigenvalue weighted by molar-refractivity contribution is 7.91. The molecule has 0 N–H and O–H groups in total. The van der Waals surface area contributed by atoms with E-state index < -0.39 is 9.84 Å². The third-order valence-corrected chi connectivity index (χ3v) is 8.61. The Kier molecular flexibility index (Phi) is 4.62. The zero-order chi connectivity index (χ0) is 19.3. The van der Waals surface area contributed by atoms with Crippen LogP contribution in [-0.2, 0) is 22.8 Å². The highest BCUT2D eigenvalue weighted by Crippen LogP contribution is 2.30. The van der Waals surface area contributed by atoms with Crippen LogP contribution in [0, 0.1) is 6.92 Å². The highest BCUT2D eigenvalue weighted by atomic mass is 32.2. The Morgan fingerprint density at radius 2 is 2.07 bits per heavy atom. The Balaban J connectivity index is 1.75. The summed E-state index contributed by atoms with van der Waals surface area (Å²) >= 11 is 1.25. The van der Waals surface area contributed by atoms with Crippen LogP contribution in [0.3, 0.4) is 0 Å². The Morgan fingerprint density at radius 1 is 1.30 bits per heavy atom. The quantitative estimate of drug-likeness (QED) is 0.754.